The minimum Gasteiger partial charge on any atom is -0.393 e. The monoisotopic (exact) mass is 264 g/mol. The Bertz CT molecular complexity index is 378. The minimum atomic E-state index is -0.136. The van der Waals surface area contributed by atoms with E-state index in [1.807, 2.05) is 24.0 Å². The van der Waals surface area contributed by atoms with Crippen LogP contribution in [-0.4, -0.2) is 21.0 Å². The molecule has 0 saturated heterocycles. The van der Waals surface area contributed by atoms with E-state index in [0.717, 1.165) is 24.7 Å². The van der Waals surface area contributed by atoms with E-state index in [4.69, 9.17) is 0 Å². The summed E-state index contributed by atoms with van der Waals surface area (Å²) in [5, 5.41) is 14.5. The Morgan fingerprint density at radius 2 is 1.89 bits per heavy atom. The zero-order valence-corrected chi connectivity index (χ0v) is 12.5. The fourth-order valence-electron chi connectivity index (χ4n) is 3.37. The standard InChI is InChI=1S/C16H28N2O/c1-12(2)13-4-6-14(7-5-13)16(19)9-8-15-10-11-17-18(15)3/h10-14,16,19H,4-9H2,1-3H3. The Hall–Kier alpha value is -0.830. The molecule has 1 unspecified atom stereocenters. The van der Waals surface area contributed by atoms with Gasteiger partial charge in [-0.15, -0.1) is 0 Å². The predicted octanol–water partition coefficient (Wildman–Crippen LogP) is 3.18. The molecule has 1 saturated carbocycles. The first-order valence-electron chi connectivity index (χ1n) is 7.73. The Labute approximate surface area is 117 Å². The number of nitrogens with zero attached hydrogens (tertiary/aromatic N) is 2. The number of aliphatic hydroxyl groups excluding tert-OH is 1. The normalized spacial score (nSPS) is 25.7. The second kappa shape index (κ2) is 6.56. The van der Waals surface area contributed by atoms with Gasteiger partial charge in [-0.25, -0.2) is 0 Å². The van der Waals surface area contributed by atoms with Gasteiger partial charge < -0.3 is 5.11 Å². The SMILES string of the molecule is CC(C)C1CCC(C(O)CCc2ccnn2C)CC1. The lowest BCUT2D eigenvalue weighted by molar-refractivity contribution is 0.0607. The third-order valence-electron chi connectivity index (χ3n) is 4.92. The summed E-state index contributed by atoms with van der Waals surface area (Å²) in [5.74, 6) is 2.19. The molecule has 1 heterocycles. The third-order valence-corrected chi connectivity index (χ3v) is 4.92. The molecule has 1 aromatic rings. The van der Waals surface area contributed by atoms with Crippen LogP contribution in [0.1, 0.15) is 51.6 Å². The fraction of sp³-hybridized carbons (Fsp3) is 0.812. The number of rotatable bonds is 5. The van der Waals surface area contributed by atoms with Crippen LogP contribution in [0.4, 0.5) is 0 Å². The van der Waals surface area contributed by atoms with Crippen molar-refractivity contribution < 1.29 is 5.11 Å². The molecular weight excluding hydrogens is 236 g/mol. The van der Waals surface area contributed by atoms with Crippen LogP contribution in [-0.2, 0) is 13.5 Å². The smallest absolute Gasteiger partial charge is 0.0572 e. The van der Waals surface area contributed by atoms with E-state index < -0.39 is 0 Å². The maximum Gasteiger partial charge on any atom is 0.0572 e. The lowest BCUT2D eigenvalue weighted by Crippen LogP contribution is -2.27. The molecule has 0 spiro atoms. The highest BCUT2D eigenvalue weighted by atomic mass is 16.3. The van der Waals surface area contributed by atoms with Gasteiger partial charge in [-0.1, -0.05) is 13.8 Å². The average Bonchev–Trinajstić information content (AvgIpc) is 2.81. The third kappa shape index (κ3) is 3.82. The van der Waals surface area contributed by atoms with Crippen molar-refractivity contribution in [1.82, 2.24) is 9.78 Å². The van der Waals surface area contributed by atoms with E-state index in [2.05, 4.69) is 18.9 Å². The molecule has 0 bridgehead atoms. The van der Waals surface area contributed by atoms with Crippen LogP contribution in [0.25, 0.3) is 0 Å². The van der Waals surface area contributed by atoms with Gasteiger partial charge in [0.15, 0.2) is 0 Å². The van der Waals surface area contributed by atoms with Crippen LogP contribution in [0, 0.1) is 17.8 Å². The number of hydrogen-bond donors (Lipinski definition) is 1. The first-order valence-corrected chi connectivity index (χ1v) is 7.73. The number of aryl methyl sites for hydroxylation is 2. The van der Waals surface area contributed by atoms with Crippen LogP contribution in [0.15, 0.2) is 12.3 Å². The molecule has 2 rings (SSSR count). The molecule has 0 aromatic carbocycles. The highest BCUT2D eigenvalue weighted by Gasteiger charge is 2.27. The Kier molecular flexibility index (Phi) is 5.03. The Balaban J connectivity index is 1.75. The molecule has 3 heteroatoms. The molecule has 108 valence electrons. The van der Waals surface area contributed by atoms with Gasteiger partial charge in [0.1, 0.15) is 0 Å². The van der Waals surface area contributed by atoms with E-state index in [9.17, 15) is 5.11 Å². The van der Waals surface area contributed by atoms with Crippen LogP contribution in [0.2, 0.25) is 0 Å². The molecule has 0 amide bonds. The summed E-state index contributed by atoms with van der Waals surface area (Å²) in [4.78, 5) is 0. The summed E-state index contributed by atoms with van der Waals surface area (Å²) in [7, 11) is 1.97. The number of aromatic nitrogens is 2. The second-order valence-corrected chi connectivity index (χ2v) is 6.47. The Morgan fingerprint density at radius 1 is 1.26 bits per heavy atom. The zero-order valence-electron chi connectivity index (χ0n) is 12.5. The van der Waals surface area contributed by atoms with Gasteiger partial charge in [0.2, 0.25) is 0 Å². The number of hydrogen-bond acceptors (Lipinski definition) is 2. The lowest BCUT2D eigenvalue weighted by Gasteiger charge is -2.33. The summed E-state index contributed by atoms with van der Waals surface area (Å²) in [5.41, 5.74) is 1.22. The molecule has 1 N–H and O–H groups in total. The van der Waals surface area contributed by atoms with Gasteiger partial charge in [0.05, 0.1) is 6.10 Å². The summed E-state index contributed by atoms with van der Waals surface area (Å²) in [6, 6.07) is 2.04. The van der Waals surface area contributed by atoms with Crippen molar-refractivity contribution in [2.45, 2.75) is 58.5 Å². The Morgan fingerprint density at radius 3 is 2.42 bits per heavy atom. The van der Waals surface area contributed by atoms with Gasteiger partial charge in [-0.2, -0.15) is 5.10 Å². The summed E-state index contributed by atoms with van der Waals surface area (Å²) >= 11 is 0. The molecule has 19 heavy (non-hydrogen) atoms. The molecule has 0 radical (unpaired) electrons. The van der Waals surface area contributed by atoms with E-state index >= 15 is 0 Å². The van der Waals surface area contributed by atoms with E-state index in [1.54, 1.807) is 0 Å². The van der Waals surface area contributed by atoms with Crippen molar-refractivity contribution in [2.24, 2.45) is 24.8 Å². The molecule has 1 aliphatic rings. The second-order valence-electron chi connectivity index (χ2n) is 6.47. The van der Waals surface area contributed by atoms with Gasteiger partial charge in [0.25, 0.3) is 0 Å². The number of aliphatic hydroxyl groups is 1. The van der Waals surface area contributed by atoms with Crippen molar-refractivity contribution in [1.29, 1.82) is 0 Å². The van der Waals surface area contributed by atoms with Gasteiger partial charge >= 0.3 is 0 Å². The van der Waals surface area contributed by atoms with Crippen LogP contribution in [0.5, 0.6) is 0 Å². The van der Waals surface area contributed by atoms with E-state index in [0.29, 0.717) is 5.92 Å². The van der Waals surface area contributed by atoms with Crippen molar-refractivity contribution in [3.05, 3.63) is 18.0 Å². The summed E-state index contributed by atoms with van der Waals surface area (Å²) in [6.45, 7) is 4.65. The first-order chi connectivity index (χ1) is 9.08. The van der Waals surface area contributed by atoms with E-state index in [-0.39, 0.29) is 6.10 Å². The molecule has 1 aliphatic carbocycles. The topological polar surface area (TPSA) is 38.1 Å². The summed E-state index contributed by atoms with van der Waals surface area (Å²) < 4.78 is 1.91. The molecule has 0 aliphatic heterocycles. The molecule has 1 fully saturated rings. The van der Waals surface area contributed by atoms with Gasteiger partial charge in [0, 0.05) is 18.9 Å². The quantitative estimate of drug-likeness (QED) is 0.887. The van der Waals surface area contributed by atoms with E-state index in [1.165, 1.54) is 31.4 Å². The first kappa shape index (κ1) is 14.6. The van der Waals surface area contributed by atoms with Gasteiger partial charge in [-0.05, 0) is 62.3 Å². The summed E-state index contributed by atoms with van der Waals surface area (Å²) in [6.07, 6.45) is 8.50. The maximum absolute atomic E-state index is 10.4. The zero-order chi connectivity index (χ0) is 13.8. The van der Waals surface area contributed by atoms with Crippen molar-refractivity contribution in [3.63, 3.8) is 0 Å². The minimum absolute atomic E-state index is 0.136. The van der Waals surface area contributed by atoms with Crippen LogP contribution < -0.4 is 0 Å². The highest BCUT2D eigenvalue weighted by molar-refractivity contribution is 5.00. The largest absolute Gasteiger partial charge is 0.393 e. The molecule has 1 atom stereocenters. The molecule has 1 aromatic heterocycles. The van der Waals surface area contributed by atoms with Gasteiger partial charge in [-0.3, -0.25) is 4.68 Å². The predicted molar refractivity (Wildman–Crippen MR) is 77.8 cm³/mol. The maximum atomic E-state index is 10.4. The van der Waals surface area contributed by atoms with Crippen molar-refractivity contribution in [3.8, 4) is 0 Å². The molecular formula is C16H28N2O. The van der Waals surface area contributed by atoms with Crippen molar-refractivity contribution >= 4 is 0 Å². The molecule has 3 nitrogen and oxygen atoms in total. The lowest BCUT2D eigenvalue weighted by atomic mass is 9.74. The highest BCUT2D eigenvalue weighted by Crippen LogP contribution is 2.35. The average molecular weight is 264 g/mol. The van der Waals surface area contributed by atoms with Crippen LogP contribution >= 0.6 is 0 Å². The fourth-order valence-corrected chi connectivity index (χ4v) is 3.37. The van der Waals surface area contributed by atoms with Crippen LogP contribution in [0.3, 0.4) is 0 Å². The van der Waals surface area contributed by atoms with Crippen molar-refractivity contribution in [2.75, 3.05) is 0 Å².